The Kier molecular flexibility index (Phi) is 6.66. The zero-order valence-electron chi connectivity index (χ0n) is 16.5. The molecule has 29 heavy (non-hydrogen) atoms. The molecule has 0 saturated carbocycles. The quantitative estimate of drug-likeness (QED) is 0.556. The number of hydrogen-bond acceptors (Lipinski definition) is 6. The molecule has 0 spiro atoms. The van der Waals surface area contributed by atoms with Crippen LogP contribution in [0.5, 0.6) is 11.5 Å². The molecule has 152 valence electrons. The molecule has 1 amide bonds. The van der Waals surface area contributed by atoms with Crippen molar-refractivity contribution < 1.29 is 23.8 Å². The van der Waals surface area contributed by atoms with Gasteiger partial charge in [-0.05, 0) is 42.8 Å². The highest BCUT2D eigenvalue weighted by Crippen LogP contribution is 2.23. The predicted molar refractivity (Wildman–Crippen MR) is 110 cm³/mol. The number of fused-ring (bicyclic) bond motifs is 1. The number of carbonyl (C=O) groups excluding carboxylic acids is 2. The summed E-state index contributed by atoms with van der Waals surface area (Å²) in [7, 11) is 2.91. The number of esters is 1. The van der Waals surface area contributed by atoms with Crippen LogP contribution in [-0.4, -0.2) is 37.3 Å². The van der Waals surface area contributed by atoms with Crippen LogP contribution >= 0.6 is 11.3 Å². The van der Waals surface area contributed by atoms with E-state index in [0.717, 1.165) is 21.5 Å². The fraction of sp³-hybridized carbons (Fsp3) is 0.286. The Hall–Kier alpha value is -3.13. The Bertz CT molecular complexity index is 1080. The van der Waals surface area contributed by atoms with E-state index in [-0.39, 0.29) is 18.9 Å². The Morgan fingerprint density at radius 3 is 2.45 bits per heavy atom. The van der Waals surface area contributed by atoms with Crippen LogP contribution in [-0.2, 0) is 27.3 Å². The van der Waals surface area contributed by atoms with Gasteiger partial charge in [-0.3, -0.25) is 9.59 Å². The molecule has 7 nitrogen and oxygen atoms in total. The van der Waals surface area contributed by atoms with E-state index in [4.69, 9.17) is 14.2 Å². The first-order valence-corrected chi connectivity index (χ1v) is 9.89. The monoisotopic (exact) mass is 414 g/mol. The van der Waals surface area contributed by atoms with Gasteiger partial charge >= 0.3 is 5.97 Å². The normalized spacial score (nSPS) is 11.5. The number of hydrogen-bond donors (Lipinski definition) is 0. The number of thiazole rings is 1. The lowest BCUT2D eigenvalue weighted by atomic mass is 10.1. The number of amides is 1. The maximum atomic E-state index is 12.6. The van der Waals surface area contributed by atoms with Crippen molar-refractivity contribution in [3.8, 4) is 11.5 Å². The third-order valence-corrected chi connectivity index (χ3v) is 5.26. The lowest BCUT2D eigenvalue weighted by molar-refractivity contribution is -0.141. The van der Waals surface area contributed by atoms with E-state index in [1.54, 1.807) is 17.7 Å². The van der Waals surface area contributed by atoms with E-state index in [0.29, 0.717) is 17.2 Å². The van der Waals surface area contributed by atoms with Crippen LogP contribution in [0.1, 0.15) is 12.5 Å². The van der Waals surface area contributed by atoms with Crippen LogP contribution in [0, 0.1) is 0 Å². The lowest BCUT2D eigenvalue weighted by Crippen LogP contribution is -2.22. The van der Waals surface area contributed by atoms with Crippen LogP contribution in [0.15, 0.2) is 47.5 Å². The summed E-state index contributed by atoms with van der Waals surface area (Å²) in [5.74, 6) is 0.735. The van der Waals surface area contributed by atoms with Crippen molar-refractivity contribution in [1.29, 1.82) is 0 Å². The zero-order chi connectivity index (χ0) is 20.8. The molecule has 0 saturated heterocycles. The first kappa shape index (κ1) is 20.6. The molecule has 1 heterocycles. The molecule has 0 fully saturated rings. The van der Waals surface area contributed by atoms with Crippen molar-refractivity contribution >= 4 is 33.4 Å². The minimum Gasteiger partial charge on any atom is -0.497 e. The Balaban J connectivity index is 1.93. The number of benzene rings is 2. The Morgan fingerprint density at radius 2 is 1.79 bits per heavy atom. The molecule has 8 heteroatoms. The second-order valence-corrected chi connectivity index (χ2v) is 7.15. The number of aromatic nitrogens is 1. The van der Waals surface area contributed by atoms with Gasteiger partial charge in [-0.25, -0.2) is 0 Å². The van der Waals surface area contributed by atoms with Crippen LogP contribution in [0.25, 0.3) is 10.2 Å². The molecule has 2 aromatic carbocycles. The fourth-order valence-electron chi connectivity index (χ4n) is 2.80. The number of methoxy groups -OCH3 is 2. The molecule has 0 aliphatic carbocycles. The molecule has 0 aliphatic rings. The minimum absolute atomic E-state index is 0.0298. The van der Waals surface area contributed by atoms with E-state index >= 15 is 0 Å². The van der Waals surface area contributed by atoms with Crippen molar-refractivity contribution in [1.82, 2.24) is 4.57 Å². The van der Waals surface area contributed by atoms with Gasteiger partial charge in [-0.1, -0.05) is 23.5 Å². The summed E-state index contributed by atoms with van der Waals surface area (Å²) in [5.41, 5.74) is 1.62. The number of nitrogens with zero attached hydrogens (tertiary/aromatic N) is 2. The van der Waals surface area contributed by atoms with Crippen molar-refractivity contribution in [2.75, 3.05) is 20.8 Å². The molecular weight excluding hydrogens is 392 g/mol. The smallest absolute Gasteiger partial charge is 0.325 e. The zero-order valence-corrected chi connectivity index (χ0v) is 17.3. The molecule has 0 atom stereocenters. The third kappa shape index (κ3) is 5.03. The van der Waals surface area contributed by atoms with Gasteiger partial charge in [0.15, 0.2) is 4.80 Å². The summed E-state index contributed by atoms with van der Waals surface area (Å²) in [6.07, 6.45) is 0.155. The lowest BCUT2D eigenvalue weighted by Gasteiger charge is -2.05. The van der Waals surface area contributed by atoms with E-state index < -0.39 is 5.97 Å². The molecule has 0 radical (unpaired) electrons. The van der Waals surface area contributed by atoms with Gasteiger partial charge in [-0.15, -0.1) is 0 Å². The molecule has 3 rings (SSSR count). The SMILES string of the molecule is CCOc1ccc(CC(=O)N=c2sc3cc(OC)ccc3n2CC(=O)OC)cc1. The van der Waals surface area contributed by atoms with Gasteiger partial charge in [0.05, 0.1) is 37.5 Å². The van der Waals surface area contributed by atoms with Gasteiger partial charge < -0.3 is 18.8 Å². The maximum absolute atomic E-state index is 12.6. The Morgan fingerprint density at radius 1 is 1.07 bits per heavy atom. The summed E-state index contributed by atoms with van der Waals surface area (Å²) in [4.78, 5) is 29.1. The largest absolute Gasteiger partial charge is 0.497 e. The highest BCUT2D eigenvalue weighted by Gasteiger charge is 2.13. The molecule has 0 unspecified atom stereocenters. The predicted octanol–water partition coefficient (Wildman–Crippen LogP) is 2.95. The van der Waals surface area contributed by atoms with E-state index in [9.17, 15) is 9.59 Å². The van der Waals surface area contributed by atoms with Gasteiger partial charge in [0.2, 0.25) is 0 Å². The summed E-state index contributed by atoms with van der Waals surface area (Å²) in [6.45, 7) is 2.48. The van der Waals surface area contributed by atoms with E-state index in [1.165, 1.54) is 18.4 Å². The summed E-state index contributed by atoms with van der Waals surface area (Å²) in [6, 6.07) is 12.8. The standard InChI is InChI=1S/C21H22N2O5S/c1-4-28-15-7-5-14(6-8-15)11-19(24)22-21-23(13-20(25)27-3)17-10-9-16(26-2)12-18(17)29-21/h5-10,12H,4,11,13H2,1-3H3. The first-order valence-electron chi connectivity index (χ1n) is 9.07. The molecule has 0 N–H and O–H groups in total. The first-order chi connectivity index (χ1) is 14.0. The number of carbonyl (C=O) groups is 2. The van der Waals surface area contributed by atoms with Crippen molar-refractivity contribution in [3.05, 3.63) is 52.8 Å². The summed E-state index contributed by atoms with van der Waals surface area (Å²) >= 11 is 1.32. The average Bonchev–Trinajstić information content (AvgIpc) is 3.05. The average molecular weight is 414 g/mol. The maximum Gasteiger partial charge on any atom is 0.325 e. The van der Waals surface area contributed by atoms with Gasteiger partial charge in [0.25, 0.3) is 5.91 Å². The topological polar surface area (TPSA) is 79.1 Å². The minimum atomic E-state index is -0.416. The van der Waals surface area contributed by atoms with Crippen LogP contribution < -0.4 is 14.3 Å². The molecule has 0 bridgehead atoms. The Labute approximate surface area is 172 Å². The molecule has 1 aromatic heterocycles. The van der Waals surface area contributed by atoms with Crippen molar-refractivity contribution in [3.63, 3.8) is 0 Å². The van der Waals surface area contributed by atoms with Crippen LogP contribution in [0.4, 0.5) is 0 Å². The molecular formula is C21H22N2O5S. The highest BCUT2D eigenvalue weighted by molar-refractivity contribution is 7.16. The van der Waals surface area contributed by atoms with Gasteiger partial charge in [-0.2, -0.15) is 4.99 Å². The van der Waals surface area contributed by atoms with E-state index in [1.807, 2.05) is 43.3 Å². The molecule has 3 aromatic rings. The van der Waals surface area contributed by atoms with Crippen molar-refractivity contribution in [2.45, 2.75) is 19.9 Å². The summed E-state index contributed by atoms with van der Waals surface area (Å²) in [5, 5.41) is 0. The second-order valence-electron chi connectivity index (χ2n) is 6.14. The van der Waals surface area contributed by atoms with Gasteiger partial charge in [0, 0.05) is 0 Å². The fourth-order valence-corrected chi connectivity index (χ4v) is 3.88. The number of rotatable bonds is 7. The number of ether oxygens (including phenoxy) is 3. The third-order valence-electron chi connectivity index (χ3n) is 4.21. The highest BCUT2D eigenvalue weighted by atomic mass is 32.1. The van der Waals surface area contributed by atoms with Crippen molar-refractivity contribution in [2.24, 2.45) is 4.99 Å². The van der Waals surface area contributed by atoms with Crippen LogP contribution in [0.3, 0.4) is 0 Å². The van der Waals surface area contributed by atoms with Crippen LogP contribution in [0.2, 0.25) is 0 Å². The molecule has 0 aliphatic heterocycles. The second kappa shape index (κ2) is 9.38. The van der Waals surface area contributed by atoms with Gasteiger partial charge in [0.1, 0.15) is 18.0 Å². The van der Waals surface area contributed by atoms with E-state index in [2.05, 4.69) is 4.99 Å². The summed E-state index contributed by atoms with van der Waals surface area (Å²) < 4.78 is 18.0.